The van der Waals surface area contributed by atoms with Gasteiger partial charge < -0.3 is 4.90 Å². The summed E-state index contributed by atoms with van der Waals surface area (Å²) in [5.41, 5.74) is 1.03. The van der Waals surface area contributed by atoms with E-state index in [1.807, 2.05) is 12.1 Å². The number of halogens is 1. The van der Waals surface area contributed by atoms with Crippen LogP contribution in [-0.4, -0.2) is 18.0 Å². The van der Waals surface area contributed by atoms with Crippen molar-refractivity contribution < 1.29 is 4.92 Å². The lowest BCUT2D eigenvalue weighted by atomic mass is 10.1. The van der Waals surface area contributed by atoms with Crippen LogP contribution in [-0.2, 0) is 5.88 Å². The van der Waals surface area contributed by atoms with Crippen molar-refractivity contribution in [2.45, 2.75) is 5.88 Å². The van der Waals surface area contributed by atoms with E-state index in [0.717, 1.165) is 0 Å². The molecule has 0 saturated heterocycles. The van der Waals surface area contributed by atoms with Gasteiger partial charge in [-0.25, -0.2) is 0 Å². The number of nitriles is 2. The highest BCUT2D eigenvalue weighted by molar-refractivity contribution is 6.17. The van der Waals surface area contributed by atoms with Gasteiger partial charge in [0.2, 0.25) is 0 Å². The summed E-state index contributed by atoms with van der Waals surface area (Å²) < 4.78 is 0. The van der Waals surface area contributed by atoms with Gasteiger partial charge in [-0.3, -0.25) is 10.1 Å². The number of nitro groups is 1. The number of non-ortho nitro benzene ring substituents is 1. The fraction of sp³-hybridized carbons (Fsp3) is 0.273. The molecule has 0 bridgehead atoms. The van der Waals surface area contributed by atoms with Crippen LogP contribution in [0, 0.1) is 32.8 Å². The topological polar surface area (TPSA) is 94.0 Å². The van der Waals surface area contributed by atoms with E-state index >= 15 is 0 Å². The van der Waals surface area contributed by atoms with E-state index in [-0.39, 0.29) is 24.7 Å². The second kappa shape index (κ2) is 6.43. The van der Waals surface area contributed by atoms with Crippen molar-refractivity contribution in [3.8, 4) is 12.1 Å². The molecule has 0 N–H and O–H groups in total. The highest BCUT2D eigenvalue weighted by Gasteiger charge is 2.14. The lowest BCUT2D eigenvalue weighted by molar-refractivity contribution is -0.384. The van der Waals surface area contributed by atoms with E-state index in [4.69, 9.17) is 22.1 Å². The Morgan fingerprint density at radius 2 is 1.94 bits per heavy atom. The van der Waals surface area contributed by atoms with Crippen molar-refractivity contribution in [1.29, 1.82) is 10.5 Å². The quantitative estimate of drug-likeness (QED) is 0.352. The minimum atomic E-state index is -0.515. The predicted octanol–water partition coefficient (Wildman–Crippen LogP) is 2.19. The standard InChI is InChI=1S/C11H9ClN4O2/c12-8-9-7-10(16(17)18)1-2-11(9)15(5-3-13)6-4-14/h1-2,7H,5-6,8H2. The first-order chi connectivity index (χ1) is 8.63. The van der Waals surface area contributed by atoms with Gasteiger partial charge in [0.25, 0.3) is 5.69 Å². The molecule has 1 aromatic rings. The summed E-state index contributed by atoms with van der Waals surface area (Å²) in [6, 6.07) is 8.06. The Hall–Kier alpha value is -2.31. The number of hydrogen-bond acceptors (Lipinski definition) is 5. The van der Waals surface area contributed by atoms with Gasteiger partial charge >= 0.3 is 0 Å². The summed E-state index contributed by atoms with van der Waals surface area (Å²) in [5.74, 6) is 0.0738. The maximum absolute atomic E-state index is 10.6. The van der Waals surface area contributed by atoms with E-state index in [2.05, 4.69) is 0 Å². The zero-order chi connectivity index (χ0) is 13.5. The highest BCUT2D eigenvalue weighted by Crippen LogP contribution is 2.26. The van der Waals surface area contributed by atoms with Crippen molar-refractivity contribution in [2.75, 3.05) is 18.0 Å². The molecule has 0 spiro atoms. The molecule has 1 rings (SSSR count). The molecule has 7 heteroatoms. The van der Waals surface area contributed by atoms with E-state index in [0.29, 0.717) is 11.3 Å². The Morgan fingerprint density at radius 3 is 2.39 bits per heavy atom. The summed E-state index contributed by atoms with van der Waals surface area (Å²) in [6.45, 7) is 0.0462. The van der Waals surface area contributed by atoms with E-state index in [9.17, 15) is 10.1 Å². The first kappa shape index (κ1) is 13.8. The zero-order valence-electron chi connectivity index (χ0n) is 9.34. The SMILES string of the molecule is N#CCN(CC#N)c1ccc([N+](=O)[O-])cc1CCl. The lowest BCUT2D eigenvalue weighted by Crippen LogP contribution is -2.24. The molecule has 6 nitrogen and oxygen atoms in total. The van der Waals surface area contributed by atoms with Gasteiger partial charge in [0, 0.05) is 23.7 Å². The van der Waals surface area contributed by atoms with Gasteiger partial charge in [-0.2, -0.15) is 10.5 Å². The van der Waals surface area contributed by atoms with Crippen LogP contribution >= 0.6 is 11.6 Å². The normalized spacial score (nSPS) is 9.28. The molecular weight excluding hydrogens is 256 g/mol. The van der Waals surface area contributed by atoms with Crippen LogP contribution in [0.25, 0.3) is 0 Å². The molecule has 92 valence electrons. The number of hydrogen-bond donors (Lipinski definition) is 0. The van der Waals surface area contributed by atoms with Crippen molar-refractivity contribution in [1.82, 2.24) is 0 Å². The Bertz CT molecular complexity index is 517. The minimum Gasteiger partial charge on any atom is -0.345 e. The molecule has 0 radical (unpaired) electrons. The third-order valence-corrected chi connectivity index (χ3v) is 2.57. The smallest absolute Gasteiger partial charge is 0.269 e. The molecule has 0 amide bonds. The zero-order valence-corrected chi connectivity index (χ0v) is 10.1. The first-order valence-corrected chi connectivity index (χ1v) is 5.49. The summed E-state index contributed by atoms with van der Waals surface area (Å²) in [5, 5.41) is 28.0. The van der Waals surface area contributed by atoms with Crippen LogP contribution in [0.4, 0.5) is 11.4 Å². The van der Waals surface area contributed by atoms with Gasteiger partial charge in [0.05, 0.1) is 17.1 Å². The molecule has 0 fully saturated rings. The molecule has 0 atom stereocenters. The maximum Gasteiger partial charge on any atom is 0.269 e. The van der Waals surface area contributed by atoms with Crippen LogP contribution in [0.2, 0.25) is 0 Å². The second-order valence-electron chi connectivity index (χ2n) is 3.38. The highest BCUT2D eigenvalue weighted by atomic mass is 35.5. The summed E-state index contributed by atoms with van der Waals surface area (Å²) in [7, 11) is 0. The van der Waals surface area contributed by atoms with Gasteiger partial charge in [-0.15, -0.1) is 11.6 Å². The largest absolute Gasteiger partial charge is 0.345 e. The van der Waals surface area contributed by atoms with E-state index in [1.165, 1.54) is 23.1 Å². The van der Waals surface area contributed by atoms with Gasteiger partial charge in [-0.1, -0.05) is 0 Å². The molecule has 0 saturated carbocycles. The summed E-state index contributed by atoms with van der Waals surface area (Å²) in [6.07, 6.45) is 0. The van der Waals surface area contributed by atoms with E-state index in [1.54, 1.807) is 0 Å². The molecule has 0 unspecified atom stereocenters. The Morgan fingerprint density at radius 1 is 1.33 bits per heavy atom. The van der Waals surface area contributed by atoms with Crippen molar-refractivity contribution in [3.63, 3.8) is 0 Å². The molecule has 0 heterocycles. The second-order valence-corrected chi connectivity index (χ2v) is 3.64. The van der Waals surface area contributed by atoms with Crippen molar-refractivity contribution in [3.05, 3.63) is 33.9 Å². The van der Waals surface area contributed by atoms with Crippen LogP contribution in [0.1, 0.15) is 5.56 Å². The van der Waals surface area contributed by atoms with Crippen LogP contribution in [0.5, 0.6) is 0 Å². The monoisotopic (exact) mass is 264 g/mol. The number of nitro benzene ring substituents is 1. The molecule has 0 aliphatic rings. The van der Waals surface area contributed by atoms with Crippen LogP contribution in [0.3, 0.4) is 0 Å². The van der Waals surface area contributed by atoms with Gasteiger partial charge in [-0.05, 0) is 11.6 Å². The number of rotatable bonds is 5. The fourth-order valence-corrected chi connectivity index (χ4v) is 1.71. The average molecular weight is 265 g/mol. The van der Waals surface area contributed by atoms with Gasteiger partial charge in [0.1, 0.15) is 13.1 Å². The number of alkyl halides is 1. The number of benzene rings is 1. The predicted molar refractivity (Wildman–Crippen MR) is 66.1 cm³/mol. The lowest BCUT2D eigenvalue weighted by Gasteiger charge is -2.20. The first-order valence-electron chi connectivity index (χ1n) is 4.96. The number of anilines is 1. The summed E-state index contributed by atoms with van der Waals surface area (Å²) in [4.78, 5) is 11.6. The third kappa shape index (κ3) is 3.09. The van der Waals surface area contributed by atoms with Crippen molar-refractivity contribution in [2.24, 2.45) is 0 Å². The Kier molecular flexibility index (Phi) is 4.91. The van der Waals surface area contributed by atoms with Crippen molar-refractivity contribution >= 4 is 23.0 Å². The minimum absolute atomic E-state index is 0.0231. The average Bonchev–Trinajstić information content (AvgIpc) is 2.37. The third-order valence-electron chi connectivity index (χ3n) is 2.28. The molecule has 1 aromatic carbocycles. The van der Waals surface area contributed by atoms with Crippen LogP contribution < -0.4 is 4.90 Å². The summed E-state index contributed by atoms with van der Waals surface area (Å²) >= 11 is 5.74. The maximum atomic E-state index is 10.6. The van der Waals surface area contributed by atoms with Crippen LogP contribution in [0.15, 0.2) is 18.2 Å². The van der Waals surface area contributed by atoms with Gasteiger partial charge in [0.15, 0.2) is 0 Å². The Balaban J connectivity index is 3.19. The number of nitrogens with zero attached hydrogens (tertiary/aromatic N) is 4. The van der Waals surface area contributed by atoms with E-state index < -0.39 is 4.92 Å². The molecule has 0 aliphatic heterocycles. The molecule has 0 aromatic heterocycles. The Labute approximate surface area is 109 Å². The fourth-order valence-electron chi connectivity index (χ4n) is 1.50. The molecule has 0 aliphatic carbocycles. The molecule has 18 heavy (non-hydrogen) atoms. The molecular formula is C11H9ClN4O2.